The summed E-state index contributed by atoms with van der Waals surface area (Å²) in [7, 11) is 0. The van der Waals surface area contributed by atoms with Gasteiger partial charge in [0.25, 0.3) is 5.69 Å². The quantitative estimate of drug-likeness (QED) is 0.289. The molecule has 0 heterocycles. The molecule has 3 N–H and O–H groups in total. The zero-order chi connectivity index (χ0) is 20.5. The van der Waals surface area contributed by atoms with Gasteiger partial charge in [0.15, 0.2) is 5.96 Å². The molecule has 0 bridgehead atoms. The SMILES string of the molecule is O=[N+]([O-])c1ccc(CN=C(NCCc2ccccc2)NC2CCC(O)CC2)cc1. The molecule has 1 fully saturated rings. The van der Waals surface area contributed by atoms with Gasteiger partial charge in [0.2, 0.25) is 0 Å². The number of nitrogens with zero attached hydrogens (tertiary/aromatic N) is 2. The van der Waals surface area contributed by atoms with E-state index in [-0.39, 0.29) is 11.8 Å². The second-order valence-corrected chi connectivity index (χ2v) is 7.40. The van der Waals surface area contributed by atoms with Gasteiger partial charge in [-0.1, -0.05) is 42.5 Å². The van der Waals surface area contributed by atoms with Gasteiger partial charge in [0, 0.05) is 24.7 Å². The van der Waals surface area contributed by atoms with E-state index in [0.29, 0.717) is 12.6 Å². The van der Waals surface area contributed by atoms with E-state index in [1.807, 2.05) is 18.2 Å². The van der Waals surface area contributed by atoms with Crippen LogP contribution in [0.2, 0.25) is 0 Å². The summed E-state index contributed by atoms with van der Waals surface area (Å²) in [6.07, 6.45) is 4.13. The van der Waals surface area contributed by atoms with Crippen molar-refractivity contribution >= 4 is 11.6 Å². The summed E-state index contributed by atoms with van der Waals surface area (Å²) in [4.78, 5) is 15.1. The first kappa shape index (κ1) is 20.8. The summed E-state index contributed by atoms with van der Waals surface area (Å²) in [5, 5.41) is 27.4. The molecule has 7 heteroatoms. The highest BCUT2D eigenvalue weighted by atomic mass is 16.6. The third-order valence-electron chi connectivity index (χ3n) is 5.15. The fraction of sp³-hybridized carbons (Fsp3) is 0.409. The molecule has 0 saturated heterocycles. The maximum absolute atomic E-state index is 10.8. The predicted molar refractivity (Wildman–Crippen MR) is 114 cm³/mol. The van der Waals surface area contributed by atoms with E-state index in [0.717, 1.165) is 50.2 Å². The highest BCUT2D eigenvalue weighted by molar-refractivity contribution is 5.80. The standard InChI is InChI=1S/C22H28N4O3/c27-21-12-8-19(9-13-21)25-22(23-15-14-17-4-2-1-3-5-17)24-16-18-6-10-20(11-7-18)26(28)29/h1-7,10-11,19,21,27H,8-9,12-16H2,(H2,23,24,25). The van der Waals surface area contributed by atoms with Crippen LogP contribution in [0.15, 0.2) is 59.6 Å². The Kier molecular flexibility index (Phi) is 7.58. The number of nitrogens with one attached hydrogen (secondary N) is 2. The molecule has 0 spiro atoms. The van der Waals surface area contributed by atoms with Gasteiger partial charge >= 0.3 is 0 Å². The van der Waals surface area contributed by atoms with Crippen molar-refractivity contribution in [1.82, 2.24) is 10.6 Å². The van der Waals surface area contributed by atoms with Crippen LogP contribution in [-0.4, -0.2) is 34.7 Å². The first-order valence-electron chi connectivity index (χ1n) is 10.1. The van der Waals surface area contributed by atoms with Crippen LogP contribution in [0.25, 0.3) is 0 Å². The number of aliphatic imine (C=N–C) groups is 1. The lowest BCUT2D eigenvalue weighted by Crippen LogP contribution is -2.45. The second-order valence-electron chi connectivity index (χ2n) is 7.40. The highest BCUT2D eigenvalue weighted by Crippen LogP contribution is 2.18. The number of benzene rings is 2. The molecule has 154 valence electrons. The van der Waals surface area contributed by atoms with Crippen molar-refractivity contribution < 1.29 is 10.0 Å². The van der Waals surface area contributed by atoms with E-state index in [1.54, 1.807) is 12.1 Å². The van der Waals surface area contributed by atoms with Crippen LogP contribution in [-0.2, 0) is 13.0 Å². The molecule has 29 heavy (non-hydrogen) atoms. The average molecular weight is 396 g/mol. The summed E-state index contributed by atoms with van der Waals surface area (Å²) < 4.78 is 0. The first-order chi connectivity index (χ1) is 14.1. The van der Waals surface area contributed by atoms with Crippen LogP contribution in [0.5, 0.6) is 0 Å². The number of aliphatic hydroxyl groups is 1. The summed E-state index contributed by atoms with van der Waals surface area (Å²) in [6.45, 7) is 1.19. The summed E-state index contributed by atoms with van der Waals surface area (Å²) in [5.41, 5.74) is 2.26. The van der Waals surface area contributed by atoms with E-state index >= 15 is 0 Å². The van der Waals surface area contributed by atoms with Crippen LogP contribution in [0, 0.1) is 10.1 Å². The zero-order valence-electron chi connectivity index (χ0n) is 16.5. The van der Waals surface area contributed by atoms with Gasteiger partial charge in [-0.3, -0.25) is 10.1 Å². The van der Waals surface area contributed by atoms with E-state index in [9.17, 15) is 15.2 Å². The Bertz CT molecular complexity index is 801. The second kappa shape index (κ2) is 10.6. The molecular weight excluding hydrogens is 368 g/mol. The maximum Gasteiger partial charge on any atom is 0.269 e. The number of rotatable bonds is 7. The molecular formula is C22H28N4O3. The molecule has 0 amide bonds. The molecule has 1 aliphatic rings. The number of aliphatic hydroxyl groups excluding tert-OH is 1. The normalized spacial score (nSPS) is 19.6. The van der Waals surface area contributed by atoms with Gasteiger partial charge in [-0.25, -0.2) is 4.99 Å². The minimum atomic E-state index is -0.400. The lowest BCUT2D eigenvalue weighted by atomic mass is 9.93. The molecule has 0 unspecified atom stereocenters. The molecule has 2 aromatic rings. The molecule has 1 saturated carbocycles. The van der Waals surface area contributed by atoms with Crippen LogP contribution in [0.3, 0.4) is 0 Å². The number of hydrogen-bond acceptors (Lipinski definition) is 4. The molecule has 1 aliphatic carbocycles. The Morgan fingerprint density at radius 3 is 2.38 bits per heavy atom. The molecule has 0 aliphatic heterocycles. The lowest BCUT2D eigenvalue weighted by Gasteiger charge is -2.27. The molecule has 0 aromatic heterocycles. The van der Waals surface area contributed by atoms with Gasteiger partial charge in [-0.2, -0.15) is 0 Å². The third kappa shape index (κ3) is 6.87. The van der Waals surface area contributed by atoms with Gasteiger partial charge in [0.05, 0.1) is 17.6 Å². The van der Waals surface area contributed by atoms with Crippen LogP contribution in [0.4, 0.5) is 5.69 Å². The number of non-ortho nitro benzene ring substituents is 1. The molecule has 3 rings (SSSR count). The lowest BCUT2D eigenvalue weighted by molar-refractivity contribution is -0.384. The predicted octanol–water partition coefficient (Wildman–Crippen LogP) is 3.18. The van der Waals surface area contributed by atoms with E-state index in [4.69, 9.17) is 0 Å². The zero-order valence-corrected chi connectivity index (χ0v) is 16.5. The molecule has 0 radical (unpaired) electrons. The Labute approximate surface area is 171 Å². The maximum atomic E-state index is 10.8. The first-order valence-corrected chi connectivity index (χ1v) is 10.1. The molecule has 7 nitrogen and oxygen atoms in total. The number of nitro benzene ring substituents is 1. The third-order valence-corrected chi connectivity index (χ3v) is 5.15. The van der Waals surface area contributed by atoms with E-state index in [1.165, 1.54) is 17.7 Å². The number of hydrogen-bond donors (Lipinski definition) is 3. The monoisotopic (exact) mass is 396 g/mol. The summed E-state index contributed by atoms with van der Waals surface area (Å²) >= 11 is 0. The van der Waals surface area contributed by atoms with Crippen molar-refractivity contribution in [3.8, 4) is 0 Å². The van der Waals surface area contributed by atoms with Crippen molar-refractivity contribution in [1.29, 1.82) is 0 Å². The Hall–Kier alpha value is -2.93. The summed E-state index contributed by atoms with van der Waals surface area (Å²) in [6, 6.07) is 17.0. The van der Waals surface area contributed by atoms with Gasteiger partial charge < -0.3 is 15.7 Å². The Balaban J connectivity index is 1.60. The highest BCUT2D eigenvalue weighted by Gasteiger charge is 2.20. The Morgan fingerprint density at radius 1 is 1.03 bits per heavy atom. The van der Waals surface area contributed by atoms with Crippen LogP contribution in [0.1, 0.15) is 36.8 Å². The molecule has 2 aromatic carbocycles. The van der Waals surface area contributed by atoms with E-state index in [2.05, 4.69) is 27.8 Å². The fourth-order valence-electron chi connectivity index (χ4n) is 3.43. The van der Waals surface area contributed by atoms with Crippen LogP contribution < -0.4 is 10.6 Å². The smallest absolute Gasteiger partial charge is 0.269 e. The van der Waals surface area contributed by atoms with Gasteiger partial charge in [-0.05, 0) is 43.2 Å². The fourth-order valence-corrected chi connectivity index (χ4v) is 3.43. The minimum Gasteiger partial charge on any atom is -0.393 e. The van der Waals surface area contributed by atoms with E-state index < -0.39 is 4.92 Å². The largest absolute Gasteiger partial charge is 0.393 e. The summed E-state index contributed by atoms with van der Waals surface area (Å²) in [5.74, 6) is 0.737. The van der Waals surface area contributed by atoms with Gasteiger partial charge in [0.1, 0.15) is 0 Å². The molecule has 0 atom stereocenters. The van der Waals surface area contributed by atoms with Crippen molar-refractivity contribution in [3.63, 3.8) is 0 Å². The van der Waals surface area contributed by atoms with Crippen molar-refractivity contribution in [3.05, 3.63) is 75.8 Å². The van der Waals surface area contributed by atoms with Crippen molar-refractivity contribution in [2.24, 2.45) is 4.99 Å². The topological polar surface area (TPSA) is 99.8 Å². The Morgan fingerprint density at radius 2 is 1.72 bits per heavy atom. The van der Waals surface area contributed by atoms with Gasteiger partial charge in [-0.15, -0.1) is 0 Å². The number of nitro groups is 1. The average Bonchev–Trinajstić information content (AvgIpc) is 2.74. The minimum absolute atomic E-state index is 0.0813. The van der Waals surface area contributed by atoms with Crippen molar-refractivity contribution in [2.45, 2.75) is 50.8 Å². The number of guanidine groups is 1. The van der Waals surface area contributed by atoms with Crippen LogP contribution >= 0.6 is 0 Å². The van der Waals surface area contributed by atoms with Crippen molar-refractivity contribution in [2.75, 3.05) is 6.54 Å².